The Balaban J connectivity index is 1.43. The fourth-order valence-corrected chi connectivity index (χ4v) is 4.53. The zero-order valence-corrected chi connectivity index (χ0v) is 16.6. The average Bonchev–Trinajstić information content (AvgIpc) is 3.12. The van der Waals surface area contributed by atoms with Crippen molar-refractivity contribution < 1.29 is 13.2 Å². The molecular weight excluding hydrogens is 392 g/mol. The second-order valence-electron chi connectivity index (χ2n) is 7.16. The molecule has 2 heterocycles. The molecule has 1 aliphatic heterocycles. The van der Waals surface area contributed by atoms with Crippen LogP contribution in [0.15, 0.2) is 52.2 Å². The first-order chi connectivity index (χ1) is 13.9. The van der Waals surface area contributed by atoms with E-state index in [0.29, 0.717) is 16.6 Å². The van der Waals surface area contributed by atoms with Gasteiger partial charge in [0.05, 0.1) is 15.9 Å². The van der Waals surface area contributed by atoms with Gasteiger partial charge in [0, 0.05) is 25.2 Å². The van der Waals surface area contributed by atoms with E-state index < -0.39 is 10.0 Å². The summed E-state index contributed by atoms with van der Waals surface area (Å²) in [4.78, 5) is 30.9. The standard InChI is InChI=1S/C20H22N4O4S/c25-19(24-10-2-1-3-11-24)15-6-4-14(5-7-15)13-21-29(27,28)16-8-9-17-18(12-16)23-20(26)22-17/h4-9,12,21H,1-3,10-11,13H2,(H2,22,23,26). The van der Waals surface area contributed by atoms with Crippen LogP contribution in [0.5, 0.6) is 0 Å². The predicted molar refractivity (Wildman–Crippen MR) is 109 cm³/mol. The van der Waals surface area contributed by atoms with Crippen LogP contribution in [-0.4, -0.2) is 42.3 Å². The third-order valence-corrected chi connectivity index (χ3v) is 6.51. The van der Waals surface area contributed by atoms with E-state index in [1.54, 1.807) is 30.3 Å². The van der Waals surface area contributed by atoms with Gasteiger partial charge in [-0.25, -0.2) is 17.9 Å². The molecule has 1 saturated heterocycles. The molecule has 8 nitrogen and oxygen atoms in total. The first-order valence-corrected chi connectivity index (χ1v) is 11.0. The number of nitrogens with zero attached hydrogens (tertiary/aromatic N) is 1. The highest BCUT2D eigenvalue weighted by Gasteiger charge is 2.18. The summed E-state index contributed by atoms with van der Waals surface area (Å²) in [5.41, 5.74) is 1.95. The lowest BCUT2D eigenvalue weighted by Crippen LogP contribution is -2.35. The third-order valence-electron chi connectivity index (χ3n) is 5.11. The monoisotopic (exact) mass is 414 g/mol. The highest BCUT2D eigenvalue weighted by Crippen LogP contribution is 2.16. The molecule has 3 N–H and O–H groups in total. The van der Waals surface area contributed by atoms with Crippen LogP contribution in [0.2, 0.25) is 0 Å². The summed E-state index contributed by atoms with van der Waals surface area (Å²) >= 11 is 0. The van der Waals surface area contributed by atoms with Gasteiger partial charge < -0.3 is 14.9 Å². The summed E-state index contributed by atoms with van der Waals surface area (Å²) in [5, 5.41) is 0. The average molecular weight is 414 g/mol. The number of carbonyl (C=O) groups excluding carboxylic acids is 1. The summed E-state index contributed by atoms with van der Waals surface area (Å²) in [6.45, 7) is 1.68. The molecule has 0 spiro atoms. The van der Waals surface area contributed by atoms with Crippen molar-refractivity contribution in [3.63, 3.8) is 0 Å². The number of carbonyl (C=O) groups is 1. The number of hydrogen-bond donors (Lipinski definition) is 3. The Morgan fingerprint density at radius 2 is 1.66 bits per heavy atom. The Morgan fingerprint density at radius 3 is 2.38 bits per heavy atom. The topological polar surface area (TPSA) is 115 Å². The molecule has 1 aliphatic rings. The largest absolute Gasteiger partial charge is 0.339 e. The van der Waals surface area contributed by atoms with Crippen LogP contribution >= 0.6 is 0 Å². The second kappa shape index (κ2) is 7.84. The van der Waals surface area contributed by atoms with Gasteiger partial charge in [0.2, 0.25) is 10.0 Å². The zero-order valence-electron chi connectivity index (χ0n) is 15.8. The van der Waals surface area contributed by atoms with Crippen LogP contribution in [0.25, 0.3) is 11.0 Å². The molecule has 2 aromatic carbocycles. The molecule has 9 heteroatoms. The highest BCUT2D eigenvalue weighted by molar-refractivity contribution is 7.89. The van der Waals surface area contributed by atoms with E-state index in [1.165, 1.54) is 12.1 Å². The van der Waals surface area contributed by atoms with Gasteiger partial charge in [-0.2, -0.15) is 0 Å². The third kappa shape index (κ3) is 4.25. The first kappa shape index (κ1) is 19.4. The summed E-state index contributed by atoms with van der Waals surface area (Å²) in [6, 6.07) is 11.4. The number of amides is 1. The van der Waals surface area contributed by atoms with Crippen molar-refractivity contribution in [1.29, 1.82) is 0 Å². The molecule has 29 heavy (non-hydrogen) atoms. The molecule has 0 atom stereocenters. The number of likely N-dealkylation sites (tertiary alicyclic amines) is 1. The van der Waals surface area contributed by atoms with Crippen LogP contribution in [0.4, 0.5) is 0 Å². The Hall–Kier alpha value is -2.91. The number of imidazole rings is 1. The molecule has 4 rings (SSSR count). The Kier molecular flexibility index (Phi) is 5.25. The minimum absolute atomic E-state index is 0.0191. The zero-order chi connectivity index (χ0) is 20.4. The molecule has 0 saturated carbocycles. The van der Waals surface area contributed by atoms with Crippen molar-refractivity contribution in [1.82, 2.24) is 19.6 Å². The lowest BCUT2D eigenvalue weighted by atomic mass is 10.1. The van der Waals surface area contributed by atoms with E-state index in [0.717, 1.165) is 37.9 Å². The predicted octanol–water partition coefficient (Wildman–Crippen LogP) is 1.96. The maximum Gasteiger partial charge on any atom is 0.323 e. The summed E-state index contributed by atoms with van der Waals surface area (Å²) in [7, 11) is -3.75. The Labute approximate surface area is 168 Å². The van der Waals surface area contributed by atoms with Gasteiger partial charge in [-0.1, -0.05) is 12.1 Å². The number of piperidine rings is 1. The van der Waals surface area contributed by atoms with Crippen molar-refractivity contribution in [2.75, 3.05) is 13.1 Å². The van der Waals surface area contributed by atoms with Crippen LogP contribution in [0, 0.1) is 0 Å². The van der Waals surface area contributed by atoms with Gasteiger partial charge in [-0.15, -0.1) is 0 Å². The fraction of sp³-hybridized carbons (Fsp3) is 0.300. The van der Waals surface area contributed by atoms with Crippen molar-refractivity contribution in [2.45, 2.75) is 30.7 Å². The smallest absolute Gasteiger partial charge is 0.323 e. The van der Waals surface area contributed by atoms with Gasteiger partial charge in [0.1, 0.15) is 0 Å². The minimum Gasteiger partial charge on any atom is -0.339 e. The molecule has 152 valence electrons. The molecule has 0 bridgehead atoms. The number of aromatic nitrogens is 2. The number of aromatic amines is 2. The number of hydrogen-bond acceptors (Lipinski definition) is 4. The van der Waals surface area contributed by atoms with E-state index in [2.05, 4.69) is 14.7 Å². The number of fused-ring (bicyclic) bond motifs is 1. The number of rotatable bonds is 5. The van der Waals surface area contributed by atoms with Crippen LogP contribution < -0.4 is 10.4 Å². The van der Waals surface area contributed by atoms with Crippen LogP contribution in [-0.2, 0) is 16.6 Å². The van der Waals surface area contributed by atoms with E-state index in [9.17, 15) is 18.0 Å². The Morgan fingerprint density at radius 1 is 0.966 bits per heavy atom. The maximum absolute atomic E-state index is 12.6. The van der Waals surface area contributed by atoms with Gasteiger partial charge in [-0.3, -0.25) is 4.79 Å². The van der Waals surface area contributed by atoms with Gasteiger partial charge in [-0.05, 0) is 55.2 Å². The van der Waals surface area contributed by atoms with E-state index in [4.69, 9.17) is 0 Å². The van der Waals surface area contributed by atoms with Crippen LogP contribution in [0.3, 0.4) is 0 Å². The molecule has 0 aliphatic carbocycles. The summed E-state index contributed by atoms with van der Waals surface area (Å²) < 4.78 is 27.7. The molecule has 3 aromatic rings. The number of benzene rings is 2. The molecule has 1 fully saturated rings. The molecule has 0 radical (unpaired) electrons. The van der Waals surface area contributed by atoms with Gasteiger partial charge >= 0.3 is 5.69 Å². The minimum atomic E-state index is -3.75. The lowest BCUT2D eigenvalue weighted by Gasteiger charge is -2.26. The molecular formula is C20H22N4O4S. The van der Waals surface area contributed by atoms with Gasteiger partial charge in [0.25, 0.3) is 5.91 Å². The first-order valence-electron chi connectivity index (χ1n) is 9.52. The number of nitrogens with one attached hydrogen (secondary N) is 3. The lowest BCUT2D eigenvalue weighted by molar-refractivity contribution is 0.0724. The maximum atomic E-state index is 12.6. The van der Waals surface area contributed by atoms with E-state index in [1.807, 2.05) is 4.90 Å². The fourth-order valence-electron chi connectivity index (χ4n) is 3.49. The quantitative estimate of drug-likeness (QED) is 0.592. The van der Waals surface area contributed by atoms with E-state index >= 15 is 0 Å². The van der Waals surface area contributed by atoms with Crippen molar-refractivity contribution in [3.8, 4) is 0 Å². The van der Waals surface area contributed by atoms with Crippen LogP contribution in [0.1, 0.15) is 35.2 Å². The molecule has 1 aromatic heterocycles. The normalized spacial score (nSPS) is 15.0. The molecule has 1 amide bonds. The van der Waals surface area contributed by atoms with Gasteiger partial charge in [0.15, 0.2) is 0 Å². The molecule has 0 unspecified atom stereocenters. The SMILES string of the molecule is O=C(c1ccc(CNS(=O)(=O)c2ccc3[nH]c(=O)[nH]c3c2)cc1)N1CCCCC1. The highest BCUT2D eigenvalue weighted by atomic mass is 32.2. The van der Waals surface area contributed by atoms with Crippen molar-refractivity contribution in [3.05, 3.63) is 64.1 Å². The number of H-pyrrole nitrogens is 2. The summed E-state index contributed by atoms with van der Waals surface area (Å²) in [6.07, 6.45) is 3.23. The summed E-state index contributed by atoms with van der Waals surface area (Å²) in [5.74, 6) is 0.0191. The van der Waals surface area contributed by atoms with Crippen molar-refractivity contribution in [2.24, 2.45) is 0 Å². The number of sulfonamides is 1. The Bertz CT molecular complexity index is 1190. The van der Waals surface area contributed by atoms with Crippen molar-refractivity contribution >= 4 is 27.0 Å². The second-order valence-corrected chi connectivity index (χ2v) is 8.93. The van der Waals surface area contributed by atoms with E-state index in [-0.39, 0.29) is 23.0 Å².